The molecular weight excluding hydrogens is 280 g/mol. The molecule has 0 aromatic carbocycles. The van der Waals surface area contributed by atoms with Crippen LogP contribution in [0, 0.1) is 0 Å². The van der Waals surface area contributed by atoms with Crippen molar-refractivity contribution in [3.05, 3.63) is 0 Å². The van der Waals surface area contributed by atoms with E-state index in [2.05, 4.69) is 9.80 Å². The minimum Gasteiger partial charge on any atom is -0.300 e. The van der Waals surface area contributed by atoms with Crippen LogP contribution in [0.1, 0.15) is 96.3 Å². The highest BCUT2D eigenvalue weighted by atomic mass is 15.2. The third-order valence-electron chi connectivity index (χ3n) is 6.71. The summed E-state index contributed by atoms with van der Waals surface area (Å²) in [7, 11) is 0. The van der Waals surface area contributed by atoms with Crippen molar-refractivity contribution in [3.63, 3.8) is 0 Å². The Hall–Kier alpha value is -0.0800. The Morgan fingerprint density at radius 2 is 0.696 bits per heavy atom. The van der Waals surface area contributed by atoms with E-state index in [1.165, 1.54) is 122 Å². The van der Waals surface area contributed by atoms with E-state index < -0.39 is 0 Å². The molecule has 2 nitrogen and oxygen atoms in total. The van der Waals surface area contributed by atoms with E-state index in [9.17, 15) is 0 Å². The Morgan fingerprint density at radius 3 is 1.26 bits per heavy atom. The van der Waals surface area contributed by atoms with Gasteiger partial charge in [0, 0.05) is 12.1 Å². The largest absolute Gasteiger partial charge is 0.300 e. The molecule has 0 N–H and O–H groups in total. The van der Waals surface area contributed by atoms with Crippen molar-refractivity contribution in [1.82, 2.24) is 9.80 Å². The average Bonchev–Trinajstić information content (AvgIpc) is 3.14. The smallest absolute Gasteiger partial charge is 0.00957 e. The van der Waals surface area contributed by atoms with Crippen LogP contribution < -0.4 is 0 Å². The van der Waals surface area contributed by atoms with Crippen LogP contribution in [0.3, 0.4) is 0 Å². The molecule has 3 fully saturated rings. The summed E-state index contributed by atoms with van der Waals surface area (Å²) in [5.74, 6) is 0. The summed E-state index contributed by atoms with van der Waals surface area (Å²) in [5.41, 5.74) is 0. The lowest BCUT2D eigenvalue weighted by atomic mass is 10.0. The van der Waals surface area contributed by atoms with Crippen molar-refractivity contribution in [1.29, 1.82) is 0 Å². The molecule has 134 valence electrons. The van der Waals surface area contributed by atoms with Crippen molar-refractivity contribution in [2.24, 2.45) is 0 Å². The van der Waals surface area contributed by atoms with Gasteiger partial charge in [-0.1, -0.05) is 44.9 Å². The van der Waals surface area contributed by atoms with Gasteiger partial charge in [-0.15, -0.1) is 0 Å². The lowest BCUT2D eigenvalue weighted by molar-refractivity contribution is 0.166. The first kappa shape index (κ1) is 17.7. The molecule has 2 saturated heterocycles. The summed E-state index contributed by atoms with van der Waals surface area (Å²) in [6, 6.07) is 1.83. The molecule has 0 aromatic rings. The van der Waals surface area contributed by atoms with Gasteiger partial charge in [0.25, 0.3) is 0 Å². The van der Waals surface area contributed by atoms with E-state index in [4.69, 9.17) is 0 Å². The predicted molar refractivity (Wildman–Crippen MR) is 100.0 cm³/mol. The average molecular weight is 321 g/mol. The molecule has 1 atom stereocenters. The van der Waals surface area contributed by atoms with E-state index in [0.717, 1.165) is 12.1 Å². The highest BCUT2D eigenvalue weighted by Gasteiger charge is 2.24. The van der Waals surface area contributed by atoms with Gasteiger partial charge in [-0.25, -0.2) is 0 Å². The molecule has 0 aromatic heterocycles. The fourth-order valence-electron chi connectivity index (χ4n) is 5.29. The lowest BCUT2D eigenvalue weighted by Crippen LogP contribution is -2.37. The second kappa shape index (κ2) is 10.0. The summed E-state index contributed by atoms with van der Waals surface area (Å²) in [6.07, 6.45) is 22.1. The second-order valence-electron chi connectivity index (χ2n) is 8.42. The third kappa shape index (κ3) is 5.74. The number of rotatable bonds is 2. The quantitative estimate of drug-likeness (QED) is 0.688. The monoisotopic (exact) mass is 320 g/mol. The van der Waals surface area contributed by atoms with Crippen LogP contribution in [0.25, 0.3) is 0 Å². The molecule has 2 aliphatic heterocycles. The SMILES string of the molecule is C1CCCCC(N2CCCCC(N3CCCC3)CCC2)CCC1. The van der Waals surface area contributed by atoms with Crippen LogP contribution in [0.5, 0.6) is 0 Å². The maximum atomic E-state index is 2.91. The van der Waals surface area contributed by atoms with Crippen LogP contribution in [0.15, 0.2) is 0 Å². The molecule has 0 amide bonds. The van der Waals surface area contributed by atoms with Crippen molar-refractivity contribution in [3.8, 4) is 0 Å². The lowest BCUT2D eigenvalue weighted by Gasteiger charge is -2.32. The Balaban J connectivity index is 1.49. The van der Waals surface area contributed by atoms with Crippen molar-refractivity contribution in [2.45, 2.75) is 108 Å². The fraction of sp³-hybridized carbons (Fsp3) is 1.00. The number of hydrogen-bond acceptors (Lipinski definition) is 2. The standard InChI is InChI=1S/C21H40N2/c1-2-4-6-13-20(12-5-3-1)23-16-8-7-14-21(15-11-19-23)22-17-9-10-18-22/h20-21H,1-19H2. The van der Waals surface area contributed by atoms with Crippen molar-refractivity contribution < 1.29 is 0 Å². The molecule has 1 aliphatic carbocycles. The van der Waals surface area contributed by atoms with Gasteiger partial charge >= 0.3 is 0 Å². The molecule has 1 unspecified atom stereocenters. The van der Waals surface area contributed by atoms with Gasteiger partial charge in [0.05, 0.1) is 0 Å². The zero-order valence-corrected chi connectivity index (χ0v) is 15.5. The Labute approximate surface area is 145 Å². The molecule has 2 heterocycles. The van der Waals surface area contributed by atoms with Gasteiger partial charge in [-0.3, -0.25) is 0 Å². The Kier molecular flexibility index (Phi) is 7.74. The Bertz CT molecular complexity index is 301. The zero-order valence-electron chi connectivity index (χ0n) is 15.5. The highest BCUT2D eigenvalue weighted by molar-refractivity contribution is 4.80. The topological polar surface area (TPSA) is 6.48 Å². The molecule has 23 heavy (non-hydrogen) atoms. The molecular formula is C21H40N2. The fourth-order valence-corrected chi connectivity index (χ4v) is 5.29. The number of hydrogen-bond donors (Lipinski definition) is 0. The maximum absolute atomic E-state index is 2.91. The Morgan fingerprint density at radius 1 is 0.348 bits per heavy atom. The molecule has 1 saturated carbocycles. The molecule has 2 heteroatoms. The molecule has 0 radical (unpaired) electrons. The zero-order chi connectivity index (χ0) is 15.7. The van der Waals surface area contributed by atoms with Crippen LogP contribution in [0.2, 0.25) is 0 Å². The molecule has 0 bridgehead atoms. The maximum Gasteiger partial charge on any atom is 0.00957 e. The van der Waals surface area contributed by atoms with E-state index in [1.54, 1.807) is 0 Å². The van der Waals surface area contributed by atoms with Crippen LogP contribution in [0.4, 0.5) is 0 Å². The summed E-state index contributed by atoms with van der Waals surface area (Å²) < 4.78 is 0. The van der Waals surface area contributed by atoms with E-state index in [1.807, 2.05) is 0 Å². The minimum atomic E-state index is 0.913. The minimum absolute atomic E-state index is 0.913. The highest BCUT2D eigenvalue weighted by Crippen LogP contribution is 2.25. The van der Waals surface area contributed by atoms with Gasteiger partial charge in [-0.2, -0.15) is 0 Å². The van der Waals surface area contributed by atoms with Crippen molar-refractivity contribution in [2.75, 3.05) is 26.2 Å². The van der Waals surface area contributed by atoms with Crippen molar-refractivity contribution >= 4 is 0 Å². The third-order valence-corrected chi connectivity index (χ3v) is 6.71. The summed E-state index contributed by atoms with van der Waals surface area (Å²) in [4.78, 5) is 5.73. The molecule has 0 spiro atoms. The van der Waals surface area contributed by atoms with Gasteiger partial charge < -0.3 is 9.80 Å². The van der Waals surface area contributed by atoms with Crippen LogP contribution in [-0.4, -0.2) is 48.1 Å². The number of nitrogens with zero attached hydrogens (tertiary/aromatic N) is 2. The first-order valence-corrected chi connectivity index (χ1v) is 10.9. The van der Waals surface area contributed by atoms with Gasteiger partial charge in [0.2, 0.25) is 0 Å². The molecule has 3 rings (SSSR count). The van der Waals surface area contributed by atoms with E-state index >= 15 is 0 Å². The summed E-state index contributed by atoms with van der Waals surface area (Å²) >= 11 is 0. The summed E-state index contributed by atoms with van der Waals surface area (Å²) in [5, 5.41) is 0. The normalized spacial score (nSPS) is 31.6. The second-order valence-corrected chi connectivity index (χ2v) is 8.42. The molecule has 3 aliphatic rings. The van der Waals surface area contributed by atoms with Gasteiger partial charge in [0.1, 0.15) is 0 Å². The predicted octanol–water partition coefficient (Wildman–Crippen LogP) is 5.22. The van der Waals surface area contributed by atoms with E-state index in [-0.39, 0.29) is 0 Å². The van der Waals surface area contributed by atoms with Gasteiger partial charge in [0.15, 0.2) is 0 Å². The summed E-state index contributed by atoms with van der Waals surface area (Å²) in [6.45, 7) is 5.54. The first-order chi connectivity index (χ1) is 11.4. The number of likely N-dealkylation sites (tertiary alicyclic amines) is 1. The van der Waals surface area contributed by atoms with Crippen LogP contribution >= 0.6 is 0 Å². The first-order valence-electron chi connectivity index (χ1n) is 10.9. The van der Waals surface area contributed by atoms with Crippen LogP contribution in [-0.2, 0) is 0 Å². The van der Waals surface area contributed by atoms with Gasteiger partial charge in [-0.05, 0) is 77.5 Å². The van der Waals surface area contributed by atoms with E-state index in [0.29, 0.717) is 0 Å².